The van der Waals surface area contributed by atoms with Gasteiger partial charge < -0.3 is 9.30 Å². The average molecular weight is 154 g/mol. The van der Waals surface area contributed by atoms with E-state index in [1.165, 1.54) is 6.92 Å². The van der Waals surface area contributed by atoms with Crippen LogP contribution >= 0.6 is 0 Å². The fourth-order valence-electron chi connectivity index (χ4n) is 0.786. The number of carbonyl (C=O) groups excluding carboxylic acids is 1. The second-order valence-corrected chi connectivity index (χ2v) is 2.22. The van der Waals surface area contributed by atoms with E-state index in [2.05, 4.69) is 4.98 Å². The van der Waals surface area contributed by atoms with Crippen molar-refractivity contribution in [2.75, 3.05) is 0 Å². The van der Waals surface area contributed by atoms with Gasteiger partial charge in [0.25, 0.3) is 0 Å². The van der Waals surface area contributed by atoms with Crippen LogP contribution in [0.25, 0.3) is 0 Å². The lowest BCUT2D eigenvalue weighted by molar-refractivity contribution is -0.149. The third kappa shape index (κ3) is 2.07. The summed E-state index contributed by atoms with van der Waals surface area (Å²) in [7, 11) is 0. The summed E-state index contributed by atoms with van der Waals surface area (Å²) in [6, 6.07) is 0. The second kappa shape index (κ2) is 3.18. The van der Waals surface area contributed by atoms with E-state index in [1.54, 1.807) is 30.2 Å². The first-order valence-corrected chi connectivity index (χ1v) is 3.35. The van der Waals surface area contributed by atoms with Crippen molar-refractivity contribution in [2.45, 2.75) is 20.1 Å². The zero-order valence-electron chi connectivity index (χ0n) is 6.52. The molecule has 4 nitrogen and oxygen atoms in total. The zero-order chi connectivity index (χ0) is 8.27. The van der Waals surface area contributed by atoms with Gasteiger partial charge in [0.2, 0.25) is 0 Å². The van der Waals surface area contributed by atoms with Crippen LogP contribution in [-0.2, 0) is 9.53 Å². The summed E-state index contributed by atoms with van der Waals surface area (Å²) in [5.41, 5.74) is 0. The number of esters is 1. The van der Waals surface area contributed by atoms with Gasteiger partial charge in [0, 0.05) is 19.3 Å². The summed E-state index contributed by atoms with van der Waals surface area (Å²) < 4.78 is 6.59. The van der Waals surface area contributed by atoms with E-state index in [-0.39, 0.29) is 12.2 Å². The topological polar surface area (TPSA) is 44.1 Å². The highest BCUT2D eigenvalue weighted by molar-refractivity contribution is 5.65. The molecule has 1 aromatic rings. The van der Waals surface area contributed by atoms with Gasteiger partial charge in [-0.05, 0) is 6.92 Å². The Labute approximate surface area is 64.8 Å². The van der Waals surface area contributed by atoms with E-state index < -0.39 is 0 Å². The molecule has 0 aliphatic heterocycles. The van der Waals surface area contributed by atoms with Crippen molar-refractivity contribution in [1.29, 1.82) is 0 Å². The quantitative estimate of drug-likeness (QED) is 0.596. The summed E-state index contributed by atoms with van der Waals surface area (Å²) in [6.07, 6.45) is 4.72. The van der Waals surface area contributed by atoms with Crippen LogP contribution in [0.15, 0.2) is 18.7 Å². The monoisotopic (exact) mass is 154 g/mol. The molecule has 1 unspecified atom stereocenters. The summed E-state index contributed by atoms with van der Waals surface area (Å²) >= 11 is 0. The number of hydrogen-bond donors (Lipinski definition) is 0. The normalized spacial score (nSPS) is 12.5. The Morgan fingerprint density at radius 3 is 2.91 bits per heavy atom. The van der Waals surface area contributed by atoms with E-state index in [1.807, 2.05) is 0 Å². The maximum atomic E-state index is 10.5. The molecule has 1 aromatic heterocycles. The number of imidazole rings is 1. The molecule has 0 saturated heterocycles. The zero-order valence-corrected chi connectivity index (χ0v) is 6.52. The van der Waals surface area contributed by atoms with Gasteiger partial charge in [-0.1, -0.05) is 0 Å². The van der Waals surface area contributed by atoms with Crippen LogP contribution in [0.4, 0.5) is 0 Å². The van der Waals surface area contributed by atoms with Crippen molar-refractivity contribution >= 4 is 5.97 Å². The smallest absolute Gasteiger partial charge is 0.304 e. The number of carbonyl (C=O) groups is 1. The van der Waals surface area contributed by atoms with E-state index in [0.29, 0.717) is 0 Å². The standard InChI is InChI=1S/C7H10N2O2/c1-6(11-7(2)10)9-4-3-8-5-9/h3-6H,1-2H3. The molecule has 0 amide bonds. The summed E-state index contributed by atoms with van der Waals surface area (Å²) in [5.74, 6) is -0.286. The molecule has 11 heavy (non-hydrogen) atoms. The molecule has 0 saturated carbocycles. The minimum Gasteiger partial charge on any atom is -0.442 e. The summed E-state index contributed by atoms with van der Waals surface area (Å²) in [5, 5.41) is 0. The highest BCUT2D eigenvalue weighted by Gasteiger charge is 2.04. The van der Waals surface area contributed by atoms with E-state index >= 15 is 0 Å². The van der Waals surface area contributed by atoms with Gasteiger partial charge in [0.1, 0.15) is 0 Å². The molecule has 0 fully saturated rings. The number of ether oxygens (including phenoxy) is 1. The van der Waals surface area contributed by atoms with Crippen LogP contribution in [0.2, 0.25) is 0 Å². The van der Waals surface area contributed by atoms with Crippen LogP contribution in [0, 0.1) is 0 Å². The minimum atomic E-state index is -0.286. The fraction of sp³-hybridized carbons (Fsp3) is 0.429. The van der Waals surface area contributed by atoms with E-state index in [4.69, 9.17) is 4.74 Å². The Balaban J connectivity index is 2.56. The summed E-state index contributed by atoms with van der Waals surface area (Å²) in [4.78, 5) is 14.3. The fourth-order valence-corrected chi connectivity index (χ4v) is 0.786. The number of rotatable bonds is 2. The third-order valence-corrected chi connectivity index (χ3v) is 1.28. The maximum absolute atomic E-state index is 10.5. The van der Waals surface area contributed by atoms with Crippen molar-refractivity contribution < 1.29 is 9.53 Å². The Morgan fingerprint density at radius 1 is 1.73 bits per heavy atom. The first kappa shape index (κ1) is 7.78. The van der Waals surface area contributed by atoms with Crippen LogP contribution in [0.3, 0.4) is 0 Å². The van der Waals surface area contributed by atoms with E-state index in [9.17, 15) is 4.79 Å². The lowest BCUT2D eigenvalue weighted by Gasteiger charge is -2.11. The van der Waals surface area contributed by atoms with Gasteiger partial charge in [-0.25, -0.2) is 4.98 Å². The van der Waals surface area contributed by atoms with Crippen molar-refractivity contribution in [3.05, 3.63) is 18.7 Å². The Kier molecular flexibility index (Phi) is 2.25. The Hall–Kier alpha value is -1.32. The molecule has 1 heterocycles. The number of nitrogens with zero attached hydrogens (tertiary/aromatic N) is 2. The largest absolute Gasteiger partial charge is 0.442 e. The van der Waals surface area contributed by atoms with Crippen LogP contribution in [0.1, 0.15) is 20.1 Å². The van der Waals surface area contributed by atoms with Crippen molar-refractivity contribution in [3.8, 4) is 0 Å². The number of hydrogen-bond acceptors (Lipinski definition) is 3. The van der Waals surface area contributed by atoms with Gasteiger partial charge in [-0.3, -0.25) is 4.79 Å². The van der Waals surface area contributed by atoms with Gasteiger partial charge in [-0.15, -0.1) is 0 Å². The van der Waals surface area contributed by atoms with Crippen molar-refractivity contribution in [3.63, 3.8) is 0 Å². The molecule has 0 aliphatic carbocycles. The first-order chi connectivity index (χ1) is 5.20. The van der Waals surface area contributed by atoms with Crippen LogP contribution in [-0.4, -0.2) is 15.5 Å². The highest BCUT2D eigenvalue weighted by atomic mass is 16.6. The molecular formula is C7H10N2O2. The minimum absolute atomic E-state index is 0.269. The predicted octanol–water partition coefficient (Wildman–Crippen LogP) is 0.965. The van der Waals surface area contributed by atoms with Crippen LogP contribution in [0.5, 0.6) is 0 Å². The lowest BCUT2D eigenvalue weighted by Crippen LogP contribution is -2.10. The van der Waals surface area contributed by atoms with Gasteiger partial charge in [0.15, 0.2) is 6.23 Å². The SMILES string of the molecule is CC(=O)OC(C)n1ccnc1. The maximum Gasteiger partial charge on any atom is 0.304 e. The Morgan fingerprint density at radius 2 is 2.45 bits per heavy atom. The molecule has 1 atom stereocenters. The average Bonchev–Trinajstić information content (AvgIpc) is 2.35. The van der Waals surface area contributed by atoms with Gasteiger partial charge in [0.05, 0.1) is 6.33 Å². The van der Waals surface area contributed by atoms with Crippen molar-refractivity contribution in [1.82, 2.24) is 9.55 Å². The lowest BCUT2D eigenvalue weighted by atomic mass is 10.6. The third-order valence-electron chi connectivity index (χ3n) is 1.28. The number of aromatic nitrogens is 2. The van der Waals surface area contributed by atoms with Gasteiger partial charge >= 0.3 is 5.97 Å². The Bertz CT molecular complexity index is 231. The molecule has 0 bridgehead atoms. The molecular weight excluding hydrogens is 144 g/mol. The van der Waals surface area contributed by atoms with Crippen LogP contribution < -0.4 is 0 Å². The molecule has 60 valence electrons. The first-order valence-electron chi connectivity index (χ1n) is 3.35. The molecule has 0 spiro atoms. The van der Waals surface area contributed by atoms with Gasteiger partial charge in [-0.2, -0.15) is 0 Å². The van der Waals surface area contributed by atoms with Crippen molar-refractivity contribution in [2.24, 2.45) is 0 Å². The molecule has 0 aromatic carbocycles. The molecule has 4 heteroatoms. The molecule has 1 rings (SSSR count). The van der Waals surface area contributed by atoms with E-state index in [0.717, 1.165) is 0 Å². The highest BCUT2D eigenvalue weighted by Crippen LogP contribution is 2.05. The summed E-state index contributed by atoms with van der Waals surface area (Å²) in [6.45, 7) is 3.16. The molecule has 0 aliphatic rings. The second-order valence-electron chi connectivity index (χ2n) is 2.22. The molecule has 0 radical (unpaired) electrons. The predicted molar refractivity (Wildman–Crippen MR) is 38.7 cm³/mol. The molecule has 0 N–H and O–H groups in total.